The summed E-state index contributed by atoms with van der Waals surface area (Å²) in [5.41, 5.74) is 0. The van der Waals surface area contributed by atoms with Gasteiger partial charge in [-0.3, -0.25) is 0 Å². The number of hydrogen-bond acceptors (Lipinski definition) is 5. The van der Waals surface area contributed by atoms with Gasteiger partial charge in [-0.2, -0.15) is 4.98 Å². The number of aliphatic hydroxyl groups excluding tert-OH is 1. The van der Waals surface area contributed by atoms with Gasteiger partial charge in [-0.1, -0.05) is 5.16 Å². The van der Waals surface area contributed by atoms with Crippen LogP contribution < -0.4 is 0 Å². The first-order chi connectivity index (χ1) is 6.85. The summed E-state index contributed by atoms with van der Waals surface area (Å²) in [6.45, 7) is 2.38. The summed E-state index contributed by atoms with van der Waals surface area (Å²) in [6, 6.07) is 0. The molecule has 0 aromatic carbocycles. The highest BCUT2D eigenvalue weighted by atomic mass is 16.5. The molecule has 78 valence electrons. The van der Waals surface area contributed by atoms with E-state index in [-0.39, 0.29) is 18.6 Å². The molecule has 0 amide bonds. The highest BCUT2D eigenvalue weighted by molar-refractivity contribution is 4.97. The molecular weight excluding hydrogens is 184 g/mol. The molecule has 0 spiro atoms. The van der Waals surface area contributed by atoms with Gasteiger partial charge in [-0.15, -0.1) is 0 Å². The van der Waals surface area contributed by atoms with Crippen molar-refractivity contribution in [2.24, 2.45) is 5.92 Å². The molecule has 0 bridgehead atoms. The first-order valence-corrected chi connectivity index (χ1v) is 4.90. The number of rotatable bonds is 5. The van der Waals surface area contributed by atoms with Gasteiger partial charge >= 0.3 is 0 Å². The third-order valence-corrected chi connectivity index (χ3v) is 2.27. The first-order valence-electron chi connectivity index (χ1n) is 4.90. The predicted molar refractivity (Wildman–Crippen MR) is 47.3 cm³/mol. The van der Waals surface area contributed by atoms with E-state index >= 15 is 0 Å². The number of nitrogens with zero attached hydrogens (tertiary/aromatic N) is 2. The molecule has 0 aliphatic heterocycles. The average Bonchev–Trinajstić information content (AvgIpc) is 2.92. The molecule has 2 rings (SSSR count). The van der Waals surface area contributed by atoms with Crippen LogP contribution in [0.2, 0.25) is 0 Å². The van der Waals surface area contributed by atoms with Gasteiger partial charge in [0.15, 0.2) is 0 Å². The third-order valence-electron chi connectivity index (χ3n) is 2.27. The summed E-state index contributed by atoms with van der Waals surface area (Å²) in [4.78, 5) is 4.06. The molecule has 1 heterocycles. The Bertz CT molecular complexity index is 296. The van der Waals surface area contributed by atoms with E-state index in [1.165, 1.54) is 0 Å². The molecule has 1 atom stereocenters. The van der Waals surface area contributed by atoms with Crippen molar-refractivity contribution < 1.29 is 14.4 Å². The van der Waals surface area contributed by atoms with E-state index in [0.29, 0.717) is 18.3 Å². The Kier molecular flexibility index (Phi) is 2.79. The molecule has 0 saturated heterocycles. The van der Waals surface area contributed by atoms with Gasteiger partial charge in [0.05, 0.1) is 0 Å². The lowest BCUT2D eigenvalue weighted by atomic mass is 10.2. The first kappa shape index (κ1) is 9.61. The molecule has 14 heavy (non-hydrogen) atoms. The van der Waals surface area contributed by atoms with Crippen LogP contribution in [0.1, 0.15) is 37.6 Å². The molecular formula is C9H14N2O3. The van der Waals surface area contributed by atoms with Gasteiger partial charge in [-0.05, 0) is 25.7 Å². The summed E-state index contributed by atoms with van der Waals surface area (Å²) in [5.74, 6) is 1.35. The number of ether oxygens (including phenoxy) is 1. The summed E-state index contributed by atoms with van der Waals surface area (Å²) in [7, 11) is 0. The van der Waals surface area contributed by atoms with E-state index in [2.05, 4.69) is 10.1 Å². The van der Waals surface area contributed by atoms with Crippen LogP contribution in [0.25, 0.3) is 0 Å². The number of hydrogen-bond donors (Lipinski definition) is 1. The van der Waals surface area contributed by atoms with Gasteiger partial charge in [0.25, 0.3) is 5.89 Å². The Morgan fingerprint density at radius 2 is 2.43 bits per heavy atom. The Balaban J connectivity index is 2.08. The average molecular weight is 198 g/mol. The summed E-state index contributed by atoms with van der Waals surface area (Å²) in [6.07, 6.45) is 2.27. The number of aliphatic hydroxyl groups is 1. The highest BCUT2D eigenvalue weighted by Crippen LogP contribution is 2.42. The maximum atomic E-state index is 8.78. The van der Waals surface area contributed by atoms with E-state index in [0.717, 1.165) is 12.8 Å². The normalized spacial score (nSPS) is 18.4. The zero-order valence-corrected chi connectivity index (χ0v) is 8.14. The minimum absolute atomic E-state index is 0.0518. The largest absolute Gasteiger partial charge is 0.387 e. The van der Waals surface area contributed by atoms with Crippen molar-refractivity contribution in [2.75, 3.05) is 6.61 Å². The van der Waals surface area contributed by atoms with Crippen LogP contribution in [0.15, 0.2) is 4.52 Å². The van der Waals surface area contributed by atoms with Crippen molar-refractivity contribution in [1.29, 1.82) is 0 Å². The third kappa shape index (κ3) is 1.93. The lowest BCUT2D eigenvalue weighted by molar-refractivity contribution is 0.0384. The lowest BCUT2D eigenvalue weighted by Crippen LogP contribution is -2.08. The highest BCUT2D eigenvalue weighted by Gasteiger charge is 2.36. The molecule has 1 aliphatic rings. The predicted octanol–water partition coefficient (Wildman–Crippen LogP) is 1.05. The molecule has 5 nitrogen and oxygen atoms in total. The summed E-state index contributed by atoms with van der Waals surface area (Å²) in [5, 5.41) is 12.6. The van der Waals surface area contributed by atoms with E-state index in [1.807, 2.05) is 6.92 Å². The van der Waals surface area contributed by atoms with Gasteiger partial charge in [-0.25, -0.2) is 0 Å². The Morgan fingerprint density at radius 3 is 2.93 bits per heavy atom. The molecule has 1 N–H and O–H groups in total. The van der Waals surface area contributed by atoms with Crippen molar-refractivity contribution in [3.8, 4) is 0 Å². The minimum Gasteiger partial charge on any atom is -0.387 e. The fourth-order valence-corrected chi connectivity index (χ4v) is 1.45. The second-order valence-electron chi connectivity index (χ2n) is 3.42. The van der Waals surface area contributed by atoms with Crippen LogP contribution in [-0.4, -0.2) is 21.9 Å². The van der Waals surface area contributed by atoms with Gasteiger partial charge < -0.3 is 14.4 Å². The fraction of sp³-hybridized carbons (Fsp3) is 0.778. The molecule has 1 unspecified atom stereocenters. The van der Waals surface area contributed by atoms with Gasteiger partial charge in [0.2, 0.25) is 5.82 Å². The summed E-state index contributed by atoms with van der Waals surface area (Å²) >= 11 is 0. The Labute approximate surface area is 82.1 Å². The second kappa shape index (κ2) is 4.06. The fourth-order valence-electron chi connectivity index (χ4n) is 1.45. The van der Waals surface area contributed by atoms with Crippen LogP contribution in [0.5, 0.6) is 0 Å². The lowest BCUT2D eigenvalue weighted by Gasteiger charge is -2.10. The molecule has 0 radical (unpaired) electrons. The smallest absolute Gasteiger partial charge is 0.252 e. The standard InChI is InChI=1S/C9H14N2O3/c1-2-13-8(6-3-4-6)9-10-7(5-12)14-11-9/h6,8,12H,2-5H2,1H3. The van der Waals surface area contributed by atoms with Crippen LogP contribution in [0.4, 0.5) is 0 Å². The zero-order chi connectivity index (χ0) is 9.97. The van der Waals surface area contributed by atoms with Gasteiger partial charge in [0.1, 0.15) is 12.7 Å². The second-order valence-corrected chi connectivity index (χ2v) is 3.42. The molecule has 5 heteroatoms. The van der Waals surface area contributed by atoms with E-state index in [9.17, 15) is 0 Å². The van der Waals surface area contributed by atoms with Crippen LogP contribution in [-0.2, 0) is 11.3 Å². The van der Waals surface area contributed by atoms with Crippen LogP contribution in [0, 0.1) is 5.92 Å². The van der Waals surface area contributed by atoms with Crippen LogP contribution in [0.3, 0.4) is 0 Å². The maximum absolute atomic E-state index is 8.78. The zero-order valence-electron chi connectivity index (χ0n) is 8.14. The van der Waals surface area contributed by atoms with E-state index < -0.39 is 0 Å². The molecule has 1 aromatic heterocycles. The molecule has 1 saturated carbocycles. The topological polar surface area (TPSA) is 68.4 Å². The maximum Gasteiger partial charge on any atom is 0.252 e. The van der Waals surface area contributed by atoms with Crippen LogP contribution >= 0.6 is 0 Å². The molecule has 1 fully saturated rings. The molecule has 1 aliphatic carbocycles. The minimum atomic E-state index is -0.212. The molecule has 1 aromatic rings. The SMILES string of the molecule is CCOC(c1noc(CO)n1)C1CC1. The van der Waals surface area contributed by atoms with Crippen molar-refractivity contribution >= 4 is 0 Å². The Hall–Kier alpha value is -0.940. The number of aromatic nitrogens is 2. The van der Waals surface area contributed by atoms with Crippen molar-refractivity contribution in [1.82, 2.24) is 10.1 Å². The summed E-state index contributed by atoms with van der Waals surface area (Å²) < 4.78 is 10.4. The quantitative estimate of drug-likeness (QED) is 0.765. The Morgan fingerprint density at radius 1 is 1.64 bits per heavy atom. The van der Waals surface area contributed by atoms with E-state index in [4.69, 9.17) is 14.4 Å². The van der Waals surface area contributed by atoms with Crippen molar-refractivity contribution in [3.05, 3.63) is 11.7 Å². The van der Waals surface area contributed by atoms with Gasteiger partial charge in [0, 0.05) is 6.61 Å². The van der Waals surface area contributed by atoms with Crippen molar-refractivity contribution in [2.45, 2.75) is 32.5 Å². The monoisotopic (exact) mass is 198 g/mol. The van der Waals surface area contributed by atoms with Crippen molar-refractivity contribution in [3.63, 3.8) is 0 Å². The van der Waals surface area contributed by atoms with E-state index in [1.54, 1.807) is 0 Å².